The first-order valence-corrected chi connectivity index (χ1v) is 15.1. The number of ether oxygens (including phenoxy) is 1. The molecule has 3 fully saturated rings. The fraction of sp³-hybridized carbons (Fsp3) is 0.762. The van der Waals surface area contributed by atoms with Crippen molar-refractivity contribution in [3.63, 3.8) is 0 Å². The third kappa shape index (κ3) is 9.59. The summed E-state index contributed by atoms with van der Waals surface area (Å²) in [6, 6.07) is 3.05. The molecule has 0 aromatic carbocycles. The molecule has 0 N–H and O–H groups in total. The van der Waals surface area contributed by atoms with Crippen molar-refractivity contribution in [2.75, 3.05) is 39.4 Å². The van der Waals surface area contributed by atoms with Crippen LogP contribution in [0.15, 0.2) is 23.9 Å². The minimum absolute atomic E-state index is 0.339. The number of allylic oxidation sites excluding steroid dienone is 2. The Kier molecular flexibility index (Phi) is 13.6. The van der Waals surface area contributed by atoms with Crippen molar-refractivity contribution in [2.45, 2.75) is 63.6 Å². The zero-order valence-corrected chi connectivity index (χ0v) is 21.1. The van der Waals surface area contributed by atoms with Crippen LogP contribution in [0.1, 0.15) is 45.4 Å². The molecule has 0 aromatic rings. The van der Waals surface area contributed by atoms with Crippen molar-refractivity contribution >= 4 is 9.64 Å². The van der Waals surface area contributed by atoms with Crippen LogP contribution >= 0.6 is 9.64 Å². The Labute approximate surface area is 192 Å². The second-order valence-corrected chi connectivity index (χ2v) is 9.33. The number of rotatable bonds is 2. The molecule has 3 saturated heterocycles. The summed E-state index contributed by atoms with van der Waals surface area (Å²) in [6.07, 6.45) is 13.9. The van der Waals surface area contributed by atoms with Crippen molar-refractivity contribution in [3.05, 3.63) is 43.4 Å². The first kappa shape index (κ1) is 25.5. The fourth-order valence-corrected chi connectivity index (χ4v) is 5.26. The molecule has 30 heavy (non-hydrogen) atoms. The summed E-state index contributed by atoms with van der Waals surface area (Å²) in [5.74, 6) is 0. The van der Waals surface area contributed by atoms with Gasteiger partial charge in [-0.3, -0.25) is 0 Å². The topological polar surface area (TPSA) is 82.9 Å². The molecule has 0 aliphatic carbocycles. The van der Waals surface area contributed by atoms with E-state index in [1.54, 1.807) is 6.07 Å². The SMILES string of the molecule is C1=CC[N-]C(C2CCCC(C3CCCC[N-]3)[N-]2)=C1.CC#N.[Cl][Os]#[N+]N1CCOCC1. The Morgan fingerprint density at radius 3 is 2.60 bits per heavy atom. The summed E-state index contributed by atoms with van der Waals surface area (Å²) in [7, 11) is 5.52. The van der Waals surface area contributed by atoms with Gasteiger partial charge in [0.25, 0.3) is 0 Å². The Morgan fingerprint density at radius 1 is 1.20 bits per heavy atom. The first-order chi connectivity index (χ1) is 14.8. The van der Waals surface area contributed by atoms with Gasteiger partial charge < -0.3 is 16.0 Å². The van der Waals surface area contributed by atoms with E-state index in [2.05, 4.69) is 27.1 Å². The summed E-state index contributed by atoms with van der Waals surface area (Å²) >= 11 is -0.663. The molecule has 170 valence electrons. The molecule has 4 aliphatic heterocycles. The third-order valence-corrected chi connectivity index (χ3v) is 6.65. The van der Waals surface area contributed by atoms with Crippen LogP contribution in [-0.4, -0.2) is 62.5 Å². The monoisotopic (exact) mass is 612 g/mol. The van der Waals surface area contributed by atoms with E-state index in [4.69, 9.17) is 30.3 Å². The number of halogens is 1. The summed E-state index contributed by atoms with van der Waals surface area (Å²) in [5.41, 5.74) is 1.19. The van der Waals surface area contributed by atoms with Crippen LogP contribution in [0.5, 0.6) is 0 Å². The summed E-state index contributed by atoms with van der Waals surface area (Å²) < 4.78 is 9.26. The Hall–Kier alpha value is -0.754. The molecule has 0 saturated carbocycles. The molecule has 0 aromatic heterocycles. The maximum absolute atomic E-state index is 7.32. The van der Waals surface area contributed by atoms with E-state index in [0.717, 1.165) is 39.4 Å². The molecule has 9 heteroatoms. The molecule has 4 aliphatic rings. The fourth-order valence-electron chi connectivity index (χ4n) is 3.86. The van der Waals surface area contributed by atoms with Crippen LogP contribution in [0, 0.1) is 11.3 Å². The van der Waals surface area contributed by atoms with E-state index in [1.807, 2.05) is 5.01 Å². The molecule has 0 amide bonds. The first-order valence-electron chi connectivity index (χ1n) is 10.8. The van der Waals surface area contributed by atoms with E-state index in [1.165, 1.54) is 51.1 Å². The second-order valence-electron chi connectivity index (χ2n) is 7.41. The van der Waals surface area contributed by atoms with Crippen LogP contribution in [0.3, 0.4) is 0 Å². The quantitative estimate of drug-likeness (QED) is 0.424. The molecule has 0 spiro atoms. The van der Waals surface area contributed by atoms with Gasteiger partial charge in [-0.05, 0) is 0 Å². The van der Waals surface area contributed by atoms with Crippen LogP contribution in [0.2, 0.25) is 0 Å². The van der Waals surface area contributed by atoms with Gasteiger partial charge in [0, 0.05) is 6.92 Å². The molecule has 4 heterocycles. The molecule has 0 radical (unpaired) electrons. The van der Waals surface area contributed by atoms with Gasteiger partial charge in [-0.25, -0.2) is 0 Å². The maximum atomic E-state index is 7.32. The number of nitriles is 1. The van der Waals surface area contributed by atoms with Crippen molar-refractivity contribution in [3.8, 4) is 6.07 Å². The zero-order chi connectivity index (χ0) is 21.4. The van der Waals surface area contributed by atoms with E-state index in [0.29, 0.717) is 18.1 Å². The molecule has 7 nitrogen and oxygen atoms in total. The van der Waals surface area contributed by atoms with Crippen LogP contribution < -0.4 is 0 Å². The average Bonchev–Trinajstić information content (AvgIpc) is 2.82. The van der Waals surface area contributed by atoms with Crippen molar-refractivity contribution in [1.82, 2.24) is 5.01 Å². The van der Waals surface area contributed by atoms with E-state index in [9.17, 15) is 0 Å². The Balaban J connectivity index is 0.000000224. The molecular weight excluding hydrogens is 578 g/mol. The van der Waals surface area contributed by atoms with Gasteiger partial charge in [0.05, 0.1) is 6.07 Å². The Bertz CT molecular complexity index is 644. The van der Waals surface area contributed by atoms with Crippen LogP contribution in [-0.2, 0) is 20.8 Å². The number of piperidine rings is 2. The third-order valence-electron chi connectivity index (χ3n) is 5.30. The van der Waals surface area contributed by atoms with Crippen molar-refractivity contribution < 1.29 is 20.8 Å². The summed E-state index contributed by atoms with van der Waals surface area (Å²) in [4.78, 5) is 0. The summed E-state index contributed by atoms with van der Waals surface area (Å²) in [5, 5.41) is 23.7. The van der Waals surface area contributed by atoms with E-state index < -0.39 is 16.0 Å². The Morgan fingerprint density at radius 2 is 1.97 bits per heavy atom. The number of morpholine rings is 1. The average molecular weight is 611 g/mol. The van der Waals surface area contributed by atoms with Gasteiger partial charge in [0.1, 0.15) is 0 Å². The predicted molar refractivity (Wildman–Crippen MR) is 119 cm³/mol. The van der Waals surface area contributed by atoms with Crippen molar-refractivity contribution in [1.29, 1.82) is 5.26 Å². The van der Waals surface area contributed by atoms with Gasteiger partial charge in [-0.1, -0.05) is 50.7 Å². The van der Waals surface area contributed by atoms with Gasteiger partial charge in [-0.2, -0.15) is 23.0 Å². The standard InChI is InChI=1S/C15H22N3.C4H8N2O.C2H3N.ClH.Os/c1-3-10-16-12(6-1)14-8-5-9-15(18-14)13-7-2-4-11-17-13;5-6-1-3-7-4-2-6;1-2-3;;/h1,3,6,13-15H,2,4-5,7-11H2;1-4H2;1H3;1H;/q-3;+1;;;+1/p-1. The number of hydrogen-bond acceptors (Lipinski definition) is 3. The molecule has 0 bridgehead atoms. The molecule has 3 unspecified atom stereocenters. The molecule has 4 rings (SSSR count). The van der Waals surface area contributed by atoms with E-state index >= 15 is 0 Å². The normalized spacial score (nSPS) is 28.8. The molecular formula is C21H33ClN6OOs-2. The van der Waals surface area contributed by atoms with Gasteiger partial charge in [0.2, 0.25) is 0 Å². The van der Waals surface area contributed by atoms with Crippen LogP contribution in [0.4, 0.5) is 0 Å². The van der Waals surface area contributed by atoms with Gasteiger partial charge in [0.15, 0.2) is 0 Å². The minimum atomic E-state index is -0.663. The van der Waals surface area contributed by atoms with Crippen molar-refractivity contribution in [2.24, 2.45) is 0 Å². The zero-order valence-electron chi connectivity index (χ0n) is 17.8. The van der Waals surface area contributed by atoms with Gasteiger partial charge >= 0.3 is 65.3 Å². The molecule has 3 atom stereocenters. The second kappa shape index (κ2) is 16.0. The number of nitrogens with zero attached hydrogens (tertiary/aromatic N) is 6. The van der Waals surface area contributed by atoms with Crippen LogP contribution in [0.25, 0.3) is 19.5 Å². The predicted octanol–water partition coefficient (Wildman–Crippen LogP) is 5.32. The van der Waals surface area contributed by atoms with Gasteiger partial charge in [-0.15, -0.1) is 25.2 Å². The summed E-state index contributed by atoms with van der Waals surface area (Å²) in [6.45, 7) is 6.75. The number of hydrogen-bond donors (Lipinski definition) is 0. The van der Waals surface area contributed by atoms with E-state index in [-0.39, 0.29) is 0 Å².